The lowest BCUT2D eigenvalue weighted by molar-refractivity contribution is -0.119. The molecule has 0 aliphatic heterocycles. The summed E-state index contributed by atoms with van der Waals surface area (Å²) in [5.41, 5.74) is 8.67. The van der Waals surface area contributed by atoms with Crippen molar-refractivity contribution in [3.05, 3.63) is 60.2 Å². The van der Waals surface area contributed by atoms with Crippen molar-refractivity contribution in [2.45, 2.75) is 19.3 Å². The van der Waals surface area contributed by atoms with Crippen LogP contribution in [-0.2, 0) is 4.79 Å². The van der Waals surface area contributed by atoms with Crippen LogP contribution in [0.15, 0.2) is 54.6 Å². The molecule has 3 rings (SSSR count). The molecule has 0 radical (unpaired) electrons. The van der Waals surface area contributed by atoms with Gasteiger partial charge >= 0.3 is 0 Å². The minimum absolute atomic E-state index is 0.105. The van der Waals surface area contributed by atoms with E-state index in [4.69, 9.17) is 5.73 Å². The van der Waals surface area contributed by atoms with E-state index in [1.54, 1.807) is 0 Å². The molecule has 2 unspecified atom stereocenters. The molecule has 0 spiro atoms. The van der Waals surface area contributed by atoms with Gasteiger partial charge in [-0.15, -0.1) is 0 Å². The molecule has 1 aliphatic rings. The van der Waals surface area contributed by atoms with E-state index in [-0.39, 0.29) is 11.8 Å². The zero-order valence-electron chi connectivity index (χ0n) is 12.2. The summed E-state index contributed by atoms with van der Waals surface area (Å²) in [4.78, 5) is 14.6. The third-order valence-corrected chi connectivity index (χ3v) is 4.10. The van der Waals surface area contributed by atoms with E-state index in [2.05, 4.69) is 12.1 Å². The van der Waals surface area contributed by atoms with Gasteiger partial charge in [-0.2, -0.15) is 0 Å². The van der Waals surface area contributed by atoms with Crippen LogP contribution in [-0.4, -0.2) is 12.5 Å². The Kier molecular flexibility index (Phi) is 3.65. The van der Waals surface area contributed by atoms with Crippen LogP contribution in [0.4, 0.5) is 11.4 Å². The summed E-state index contributed by atoms with van der Waals surface area (Å²) < 4.78 is 0. The molecule has 1 saturated carbocycles. The van der Waals surface area contributed by atoms with Crippen LogP contribution in [0.25, 0.3) is 0 Å². The van der Waals surface area contributed by atoms with Crippen molar-refractivity contribution in [3.63, 3.8) is 0 Å². The fourth-order valence-corrected chi connectivity index (χ4v) is 2.90. The third kappa shape index (κ3) is 2.77. The molecule has 1 amide bonds. The average molecular weight is 280 g/mol. The number of amides is 1. The van der Waals surface area contributed by atoms with Crippen molar-refractivity contribution >= 4 is 17.3 Å². The van der Waals surface area contributed by atoms with Crippen LogP contribution in [0.2, 0.25) is 0 Å². The SMILES string of the molecule is CCN(C(=O)C1CC1c1ccccc1)c1cccc(N)c1. The maximum absolute atomic E-state index is 12.7. The molecule has 108 valence electrons. The monoisotopic (exact) mass is 280 g/mol. The van der Waals surface area contributed by atoms with Gasteiger partial charge in [0.15, 0.2) is 0 Å². The molecular formula is C18H20N2O. The summed E-state index contributed by atoms with van der Waals surface area (Å²) in [6.07, 6.45) is 0.946. The number of hydrogen-bond acceptors (Lipinski definition) is 2. The molecule has 0 saturated heterocycles. The van der Waals surface area contributed by atoms with Gasteiger partial charge in [0.2, 0.25) is 5.91 Å². The molecule has 1 aliphatic carbocycles. The van der Waals surface area contributed by atoms with Crippen molar-refractivity contribution in [2.24, 2.45) is 5.92 Å². The summed E-state index contributed by atoms with van der Waals surface area (Å²) in [7, 11) is 0. The molecule has 2 atom stereocenters. The largest absolute Gasteiger partial charge is 0.399 e. The van der Waals surface area contributed by atoms with Crippen molar-refractivity contribution in [1.29, 1.82) is 0 Å². The highest BCUT2D eigenvalue weighted by molar-refractivity contribution is 5.97. The van der Waals surface area contributed by atoms with Crippen LogP contribution < -0.4 is 10.6 Å². The molecular weight excluding hydrogens is 260 g/mol. The predicted octanol–water partition coefficient (Wildman–Crippen LogP) is 3.43. The Balaban J connectivity index is 1.76. The Morgan fingerprint density at radius 1 is 1.19 bits per heavy atom. The first-order valence-electron chi connectivity index (χ1n) is 7.42. The maximum Gasteiger partial charge on any atom is 0.230 e. The number of benzene rings is 2. The number of hydrogen-bond donors (Lipinski definition) is 1. The second-order valence-electron chi connectivity index (χ2n) is 5.54. The lowest BCUT2D eigenvalue weighted by Gasteiger charge is -2.21. The summed E-state index contributed by atoms with van der Waals surface area (Å²) in [5.74, 6) is 0.680. The fraction of sp³-hybridized carbons (Fsp3) is 0.278. The highest BCUT2D eigenvalue weighted by atomic mass is 16.2. The molecule has 0 aromatic heterocycles. The second-order valence-corrected chi connectivity index (χ2v) is 5.54. The molecule has 1 fully saturated rings. The van der Waals surface area contributed by atoms with E-state index < -0.39 is 0 Å². The van der Waals surface area contributed by atoms with Crippen LogP contribution >= 0.6 is 0 Å². The van der Waals surface area contributed by atoms with Crippen molar-refractivity contribution < 1.29 is 4.79 Å². The van der Waals surface area contributed by atoms with Crippen molar-refractivity contribution in [3.8, 4) is 0 Å². The first-order valence-corrected chi connectivity index (χ1v) is 7.42. The number of rotatable bonds is 4. The standard InChI is InChI=1S/C18H20N2O/c1-2-20(15-10-6-9-14(19)11-15)18(21)17-12-16(17)13-7-4-3-5-8-13/h3-11,16-17H,2,12,19H2,1H3. The highest BCUT2D eigenvalue weighted by Crippen LogP contribution is 2.48. The molecule has 2 aromatic rings. The molecule has 21 heavy (non-hydrogen) atoms. The van der Waals surface area contributed by atoms with E-state index in [1.165, 1.54) is 5.56 Å². The fourth-order valence-electron chi connectivity index (χ4n) is 2.90. The first-order chi connectivity index (χ1) is 10.2. The van der Waals surface area contributed by atoms with Gasteiger partial charge in [0.05, 0.1) is 0 Å². The van der Waals surface area contributed by atoms with Gasteiger partial charge in [-0.1, -0.05) is 36.4 Å². The molecule has 2 aromatic carbocycles. The number of nitrogens with two attached hydrogens (primary N) is 1. The zero-order chi connectivity index (χ0) is 14.8. The van der Waals surface area contributed by atoms with Gasteiger partial charge < -0.3 is 10.6 Å². The van der Waals surface area contributed by atoms with E-state index in [9.17, 15) is 4.79 Å². The maximum atomic E-state index is 12.7. The third-order valence-electron chi connectivity index (χ3n) is 4.10. The molecule has 0 heterocycles. The quantitative estimate of drug-likeness (QED) is 0.872. The zero-order valence-corrected chi connectivity index (χ0v) is 12.2. The van der Waals surface area contributed by atoms with Gasteiger partial charge in [0.1, 0.15) is 0 Å². The minimum atomic E-state index is 0.105. The van der Waals surface area contributed by atoms with Crippen molar-refractivity contribution in [1.82, 2.24) is 0 Å². The summed E-state index contributed by atoms with van der Waals surface area (Å²) in [6, 6.07) is 17.8. The Bertz CT molecular complexity index is 639. The highest BCUT2D eigenvalue weighted by Gasteiger charge is 2.45. The van der Waals surface area contributed by atoms with Crippen LogP contribution in [0.5, 0.6) is 0 Å². The molecule has 0 bridgehead atoms. The van der Waals surface area contributed by atoms with Crippen LogP contribution in [0.1, 0.15) is 24.8 Å². The Hall–Kier alpha value is -2.29. The molecule has 3 nitrogen and oxygen atoms in total. The number of carbonyl (C=O) groups excluding carboxylic acids is 1. The Morgan fingerprint density at radius 2 is 1.95 bits per heavy atom. The number of nitrogens with zero attached hydrogens (tertiary/aromatic N) is 1. The lowest BCUT2D eigenvalue weighted by atomic mass is 10.1. The van der Waals surface area contributed by atoms with Gasteiger partial charge in [-0.3, -0.25) is 4.79 Å². The normalized spacial score (nSPS) is 20.0. The number of carbonyl (C=O) groups is 1. The summed E-state index contributed by atoms with van der Waals surface area (Å²) in [5, 5.41) is 0. The van der Waals surface area contributed by atoms with E-state index >= 15 is 0 Å². The van der Waals surface area contributed by atoms with Gasteiger partial charge in [0.25, 0.3) is 0 Å². The predicted molar refractivity (Wildman–Crippen MR) is 86.2 cm³/mol. The summed E-state index contributed by atoms with van der Waals surface area (Å²) >= 11 is 0. The second kappa shape index (κ2) is 5.60. The molecule has 3 heteroatoms. The average Bonchev–Trinajstić information content (AvgIpc) is 3.29. The first kappa shape index (κ1) is 13.7. The van der Waals surface area contributed by atoms with Crippen LogP contribution in [0.3, 0.4) is 0 Å². The Labute approximate surface area is 125 Å². The lowest BCUT2D eigenvalue weighted by Crippen LogP contribution is -2.32. The molecule has 2 N–H and O–H groups in total. The van der Waals surface area contributed by atoms with E-state index in [0.717, 1.165) is 12.1 Å². The van der Waals surface area contributed by atoms with Crippen LogP contribution in [0, 0.1) is 5.92 Å². The topological polar surface area (TPSA) is 46.3 Å². The van der Waals surface area contributed by atoms with Gasteiger partial charge in [-0.05, 0) is 43.0 Å². The Morgan fingerprint density at radius 3 is 2.62 bits per heavy atom. The minimum Gasteiger partial charge on any atom is -0.399 e. The van der Waals surface area contributed by atoms with E-state index in [0.29, 0.717) is 18.2 Å². The smallest absolute Gasteiger partial charge is 0.230 e. The van der Waals surface area contributed by atoms with E-state index in [1.807, 2.05) is 54.3 Å². The van der Waals surface area contributed by atoms with Gasteiger partial charge in [-0.25, -0.2) is 0 Å². The van der Waals surface area contributed by atoms with Crippen molar-refractivity contribution in [2.75, 3.05) is 17.2 Å². The van der Waals surface area contributed by atoms with Gasteiger partial charge in [0, 0.05) is 23.8 Å². The number of anilines is 2. The number of nitrogen functional groups attached to an aromatic ring is 1. The summed E-state index contributed by atoms with van der Waals surface area (Å²) in [6.45, 7) is 2.67.